The monoisotopic (exact) mass is 640 g/mol. The lowest BCUT2D eigenvalue weighted by Crippen LogP contribution is -2.55. The quantitative estimate of drug-likeness (QED) is 0.214. The lowest BCUT2D eigenvalue weighted by molar-refractivity contribution is 0.0218. The van der Waals surface area contributed by atoms with Gasteiger partial charge < -0.3 is 14.5 Å². The minimum Gasteiger partial charge on any atom is -0.444 e. The number of amides is 1. The van der Waals surface area contributed by atoms with E-state index in [4.69, 9.17) is 21.3 Å². The fraction of sp³-hybridized carbons (Fsp3) is 0.361. The van der Waals surface area contributed by atoms with Crippen LogP contribution in [-0.4, -0.2) is 61.8 Å². The fourth-order valence-electron chi connectivity index (χ4n) is 5.83. The van der Waals surface area contributed by atoms with Crippen LogP contribution < -0.4 is 10.6 Å². The molecule has 0 spiro atoms. The molecule has 3 aromatic heterocycles. The van der Waals surface area contributed by atoms with Crippen molar-refractivity contribution in [1.29, 1.82) is 0 Å². The van der Waals surface area contributed by atoms with Gasteiger partial charge in [-0.25, -0.2) is 19.1 Å². The summed E-state index contributed by atoms with van der Waals surface area (Å²) < 4.78 is 7.18. The van der Waals surface area contributed by atoms with E-state index in [0.29, 0.717) is 52.9 Å². The first kappa shape index (κ1) is 32.9. The highest BCUT2D eigenvalue weighted by Gasteiger charge is 2.33. The van der Waals surface area contributed by atoms with Gasteiger partial charge in [-0.2, -0.15) is 4.98 Å². The van der Waals surface area contributed by atoms with E-state index in [-0.39, 0.29) is 18.1 Å². The van der Waals surface area contributed by atoms with E-state index >= 15 is 0 Å². The van der Waals surface area contributed by atoms with E-state index in [1.165, 1.54) is 0 Å². The number of halogens is 1. The molecule has 0 radical (unpaired) electrons. The third-order valence-electron chi connectivity index (χ3n) is 8.00. The number of nitrogens with zero attached hydrogens (tertiary/aromatic N) is 6. The van der Waals surface area contributed by atoms with Gasteiger partial charge in [0.2, 0.25) is 0 Å². The van der Waals surface area contributed by atoms with Crippen LogP contribution in [0.4, 0.5) is 10.6 Å². The van der Waals surface area contributed by atoms with Gasteiger partial charge in [-0.3, -0.25) is 4.98 Å². The molecule has 1 atom stereocenters. The second kappa shape index (κ2) is 12.7. The van der Waals surface area contributed by atoms with Crippen molar-refractivity contribution in [3.63, 3.8) is 0 Å². The maximum atomic E-state index is 14.2. The zero-order valence-electron chi connectivity index (χ0n) is 27.6. The number of hydrogen-bond donors (Lipinski definition) is 0. The Labute approximate surface area is 275 Å². The summed E-state index contributed by atoms with van der Waals surface area (Å²) in [5, 5.41) is 1.02. The van der Waals surface area contributed by atoms with E-state index in [9.17, 15) is 9.59 Å². The van der Waals surface area contributed by atoms with Crippen LogP contribution in [0, 0.1) is 6.92 Å². The minimum atomic E-state index is -0.600. The number of pyridine rings is 2. The molecule has 10 heteroatoms. The van der Waals surface area contributed by atoms with E-state index in [2.05, 4.69) is 23.1 Å². The summed E-state index contributed by atoms with van der Waals surface area (Å²) in [6, 6.07) is 9.43. The highest BCUT2D eigenvalue weighted by molar-refractivity contribution is 6.34. The highest BCUT2D eigenvalue weighted by atomic mass is 35.5. The smallest absolute Gasteiger partial charge is 0.410 e. The standard InChI is InChI=1S/C36H41ClN6O3/c1-10-24-16-25(11-2)18-26(17-24)30-28(37)19-27-32(42-15-14-41(20-23(42)6)35(45)46-36(7,8)9)40-34(44)43(33(27)39-30)31-22(5)12-13-38-29(31)21(3)4/h10-13,16-19,21,23H,1-2,14-15,20H2,3-9H3/t23-/m0/s1. The van der Waals surface area contributed by atoms with E-state index in [1.54, 1.807) is 27.8 Å². The molecule has 1 aromatic carbocycles. The SMILES string of the molecule is C=Cc1cc(C=C)cc(-c2nc3c(cc2Cl)c(N2CCN(C(=O)OC(C)(C)C)C[C@@H]2C)nc(=O)n3-c2c(C)ccnc2C(C)C)c1. The molecule has 1 aliphatic heterocycles. The van der Waals surface area contributed by atoms with Crippen LogP contribution in [-0.2, 0) is 4.74 Å². The number of hydrogen-bond acceptors (Lipinski definition) is 7. The van der Waals surface area contributed by atoms with Gasteiger partial charge in [0.25, 0.3) is 0 Å². The van der Waals surface area contributed by atoms with Crippen LogP contribution >= 0.6 is 11.6 Å². The maximum Gasteiger partial charge on any atom is 0.410 e. The van der Waals surface area contributed by atoms with Crippen molar-refractivity contribution >= 4 is 46.7 Å². The molecule has 5 rings (SSSR count). The van der Waals surface area contributed by atoms with Gasteiger partial charge in [0.05, 0.1) is 27.5 Å². The molecule has 0 saturated carbocycles. The van der Waals surface area contributed by atoms with Crippen molar-refractivity contribution in [2.75, 3.05) is 24.5 Å². The molecular formula is C36H41ClN6O3. The number of rotatable bonds is 6. The first-order valence-electron chi connectivity index (χ1n) is 15.5. The van der Waals surface area contributed by atoms with Crippen molar-refractivity contribution in [1.82, 2.24) is 24.4 Å². The summed E-state index contributed by atoms with van der Waals surface area (Å²) in [4.78, 5) is 45.3. The second-order valence-electron chi connectivity index (χ2n) is 13.0. The van der Waals surface area contributed by atoms with Crippen LogP contribution in [0.1, 0.15) is 69.8 Å². The molecule has 0 aliphatic carbocycles. The van der Waals surface area contributed by atoms with Crippen molar-refractivity contribution in [3.8, 4) is 16.9 Å². The fourth-order valence-corrected chi connectivity index (χ4v) is 6.09. The van der Waals surface area contributed by atoms with Gasteiger partial charge in [0.15, 0.2) is 5.65 Å². The van der Waals surface area contributed by atoms with Crippen molar-refractivity contribution in [3.05, 3.63) is 87.6 Å². The molecule has 0 N–H and O–H groups in total. The Morgan fingerprint density at radius 2 is 1.76 bits per heavy atom. The van der Waals surface area contributed by atoms with E-state index in [1.807, 2.05) is 83.7 Å². The van der Waals surface area contributed by atoms with Crippen LogP contribution in [0.2, 0.25) is 5.02 Å². The first-order chi connectivity index (χ1) is 21.7. The molecule has 4 aromatic rings. The molecule has 1 saturated heterocycles. The third kappa shape index (κ3) is 6.42. The van der Waals surface area contributed by atoms with E-state index in [0.717, 1.165) is 27.9 Å². The van der Waals surface area contributed by atoms with Gasteiger partial charge in [-0.15, -0.1) is 0 Å². The molecule has 240 valence electrons. The lowest BCUT2D eigenvalue weighted by Gasteiger charge is -2.41. The lowest BCUT2D eigenvalue weighted by atomic mass is 10.0. The summed E-state index contributed by atoms with van der Waals surface area (Å²) in [6.45, 7) is 22.7. The normalized spacial score (nSPS) is 15.4. The second-order valence-corrected chi connectivity index (χ2v) is 13.4. The van der Waals surface area contributed by atoms with Gasteiger partial charge in [0, 0.05) is 37.4 Å². The zero-order valence-corrected chi connectivity index (χ0v) is 28.4. The average Bonchev–Trinajstić information content (AvgIpc) is 2.99. The van der Waals surface area contributed by atoms with Crippen LogP contribution in [0.25, 0.3) is 40.1 Å². The van der Waals surface area contributed by atoms with Gasteiger partial charge >= 0.3 is 11.8 Å². The summed E-state index contributed by atoms with van der Waals surface area (Å²) >= 11 is 7.02. The number of benzene rings is 1. The molecule has 0 unspecified atom stereocenters. The Morgan fingerprint density at radius 3 is 2.35 bits per heavy atom. The van der Waals surface area contributed by atoms with Crippen LogP contribution in [0.3, 0.4) is 0 Å². The van der Waals surface area contributed by atoms with E-state index < -0.39 is 11.3 Å². The number of piperazine rings is 1. The molecule has 1 fully saturated rings. The number of aryl methyl sites for hydroxylation is 1. The topological polar surface area (TPSA) is 93.5 Å². The number of carbonyl (C=O) groups excluding carboxylic acids is 1. The van der Waals surface area contributed by atoms with Crippen molar-refractivity contribution in [2.45, 2.75) is 66.0 Å². The summed E-state index contributed by atoms with van der Waals surface area (Å²) in [5.74, 6) is 0.497. The number of fused-ring (bicyclic) bond motifs is 1. The average molecular weight is 641 g/mol. The molecular weight excluding hydrogens is 600 g/mol. The largest absolute Gasteiger partial charge is 0.444 e. The Bertz CT molecular complexity index is 1880. The highest BCUT2D eigenvalue weighted by Crippen LogP contribution is 2.36. The number of ether oxygens (including phenoxy) is 1. The zero-order chi connectivity index (χ0) is 33.5. The van der Waals surface area contributed by atoms with Crippen LogP contribution in [0.5, 0.6) is 0 Å². The van der Waals surface area contributed by atoms with Gasteiger partial charge in [-0.05, 0) is 87.6 Å². The number of carbonyl (C=O) groups is 1. The van der Waals surface area contributed by atoms with Gasteiger partial charge in [0.1, 0.15) is 11.4 Å². The first-order valence-corrected chi connectivity index (χ1v) is 15.8. The Morgan fingerprint density at radius 1 is 1.09 bits per heavy atom. The Kier molecular flexibility index (Phi) is 9.09. The van der Waals surface area contributed by atoms with Crippen molar-refractivity contribution < 1.29 is 9.53 Å². The minimum absolute atomic E-state index is 0.0312. The predicted octanol–water partition coefficient (Wildman–Crippen LogP) is 7.66. The molecule has 1 amide bonds. The molecule has 46 heavy (non-hydrogen) atoms. The molecule has 4 heterocycles. The third-order valence-corrected chi connectivity index (χ3v) is 8.29. The Hall–Kier alpha value is -4.50. The number of aromatic nitrogens is 4. The summed E-state index contributed by atoms with van der Waals surface area (Å²) in [6.07, 6.45) is 4.91. The predicted molar refractivity (Wildman–Crippen MR) is 187 cm³/mol. The maximum absolute atomic E-state index is 14.2. The number of anilines is 1. The molecule has 0 bridgehead atoms. The van der Waals surface area contributed by atoms with Crippen LogP contribution in [0.15, 0.2) is 54.5 Å². The molecule has 1 aliphatic rings. The summed E-state index contributed by atoms with van der Waals surface area (Å²) in [7, 11) is 0. The summed E-state index contributed by atoms with van der Waals surface area (Å²) in [5.41, 5.74) is 4.69. The Balaban J connectivity index is 1.75. The van der Waals surface area contributed by atoms with Crippen molar-refractivity contribution in [2.24, 2.45) is 0 Å². The molecule has 9 nitrogen and oxygen atoms in total. The van der Waals surface area contributed by atoms with Gasteiger partial charge in [-0.1, -0.05) is 50.8 Å².